The zero-order chi connectivity index (χ0) is 29.5. The second-order valence-corrected chi connectivity index (χ2v) is 11.3. The first kappa shape index (κ1) is 29.4. The number of ketones is 1. The number of fused-ring (bicyclic) bond motifs is 1. The van der Waals surface area contributed by atoms with E-state index in [0.717, 1.165) is 30.8 Å². The number of Topliss-reactive ketones (excluding diaryl/α,β-unsaturated/α-hetero) is 1. The molecule has 1 fully saturated rings. The highest BCUT2D eigenvalue weighted by Crippen LogP contribution is 2.31. The van der Waals surface area contributed by atoms with Gasteiger partial charge in [0.2, 0.25) is 6.10 Å². The summed E-state index contributed by atoms with van der Waals surface area (Å²) < 4.78 is 6.86. The monoisotopic (exact) mass is 584 g/mol. The average Bonchev–Trinajstić information content (AvgIpc) is 3.68. The van der Waals surface area contributed by atoms with Crippen LogP contribution in [0.5, 0.6) is 5.75 Å². The SMILES string of the molecule is N#Cc1ccc(OC(C(=O)Nc2nc3cc(CO)c(CO)cc3s2)c2ccc(C(=O)CCCN3CCCC3)cc2)cc1. The Kier molecular flexibility index (Phi) is 9.56. The molecule has 4 aromatic rings. The second-order valence-electron chi connectivity index (χ2n) is 10.2. The van der Waals surface area contributed by atoms with Crippen LogP contribution >= 0.6 is 11.3 Å². The third-order valence-electron chi connectivity index (χ3n) is 7.37. The molecule has 1 aromatic heterocycles. The van der Waals surface area contributed by atoms with E-state index in [1.54, 1.807) is 60.7 Å². The Labute approximate surface area is 248 Å². The highest BCUT2D eigenvalue weighted by atomic mass is 32.1. The van der Waals surface area contributed by atoms with Crippen molar-refractivity contribution in [3.05, 3.63) is 88.5 Å². The minimum atomic E-state index is -1.06. The Balaban J connectivity index is 1.34. The number of carbonyl (C=O) groups excluding carboxylic acids is 2. The molecule has 0 radical (unpaired) electrons. The molecule has 216 valence electrons. The number of aliphatic hydroxyl groups excluding tert-OH is 2. The summed E-state index contributed by atoms with van der Waals surface area (Å²) in [7, 11) is 0. The van der Waals surface area contributed by atoms with Crippen LogP contribution in [0.25, 0.3) is 10.2 Å². The molecule has 0 aliphatic carbocycles. The number of thiazole rings is 1. The number of nitrogens with one attached hydrogen (secondary N) is 1. The largest absolute Gasteiger partial charge is 0.476 e. The van der Waals surface area contributed by atoms with Gasteiger partial charge in [-0.2, -0.15) is 5.26 Å². The third-order valence-corrected chi connectivity index (χ3v) is 8.30. The minimum Gasteiger partial charge on any atom is -0.476 e. The molecule has 1 aliphatic rings. The Morgan fingerprint density at radius 1 is 1.02 bits per heavy atom. The molecule has 1 atom stereocenters. The smallest absolute Gasteiger partial charge is 0.271 e. The summed E-state index contributed by atoms with van der Waals surface area (Å²) >= 11 is 1.25. The van der Waals surface area contributed by atoms with E-state index in [2.05, 4.69) is 21.3 Å². The summed E-state index contributed by atoms with van der Waals surface area (Å²) in [5.74, 6) is 0.00212. The number of hydrogen-bond donors (Lipinski definition) is 3. The van der Waals surface area contributed by atoms with Gasteiger partial charge in [0.1, 0.15) is 5.75 Å². The number of rotatable bonds is 12. The van der Waals surface area contributed by atoms with Gasteiger partial charge in [-0.05, 0) is 86.4 Å². The highest BCUT2D eigenvalue weighted by Gasteiger charge is 2.25. The van der Waals surface area contributed by atoms with E-state index < -0.39 is 12.0 Å². The number of anilines is 1. The standard InChI is InChI=1S/C32H32N4O5S/c33-18-21-5-11-26(12-6-21)41-30(23-9-7-22(8-10-23)28(39)4-3-15-36-13-1-2-14-36)31(40)35-32-34-27-16-24(19-37)25(20-38)17-29(27)42-32/h5-12,16-17,30,37-38H,1-4,13-15,19-20H2,(H,34,35,40). The number of benzene rings is 3. The molecule has 0 bridgehead atoms. The number of likely N-dealkylation sites (tertiary alicyclic amines) is 1. The number of aliphatic hydroxyl groups is 2. The molecule has 10 heteroatoms. The highest BCUT2D eigenvalue weighted by molar-refractivity contribution is 7.22. The van der Waals surface area contributed by atoms with Crippen LogP contribution in [0.3, 0.4) is 0 Å². The Morgan fingerprint density at radius 2 is 1.71 bits per heavy atom. The van der Waals surface area contributed by atoms with E-state index in [1.165, 1.54) is 24.2 Å². The van der Waals surface area contributed by atoms with Crippen molar-refractivity contribution in [2.45, 2.75) is 45.0 Å². The van der Waals surface area contributed by atoms with Crippen LogP contribution in [0.4, 0.5) is 5.13 Å². The predicted molar refractivity (Wildman–Crippen MR) is 160 cm³/mol. The van der Waals surface area contributed by atoms with Crippen molar-refractivity contribution in [2.24, 2.45) is 0 Å². The molecule has 5 rings (SSSR count). The molecule has 2 heterocycles. The van der Waals surface area contributed by atoms with E-state index in [9.17, 15) is 19.8 Å². The number of carbonyl (C=O) groups is 2. The lowest BCUT2D eigenvalue weighted by molar-refractivity contribution is -0.123. The lowest BCUT2D eigenvalue weighted by Crippen LogP contribution is -2.25. The summed E-state index contributed by atoms with van der Waals surface area (Å²) in [5, 5.41) is 31.5. The normalized spacial score (nSPS) is 14.0. The maximum atomic E-state index is 13.6. The summed E-state index contributed by atoms with van der Waals surface area (Å²) in [4.78, 5) is 33.3. The summed E-state index contributed by atoms with van der Waals surface area (Å²) in [5.41, 5.74) is 3.36. The van der Waals surface area contributed by atoms with Crippen molar-refractivity contribution in [2.75, 3.05) is 25.0 Å². The molecule has 3 aromatic carbocycles. The average molecular weight is 585 g/mol. The number of nitriles is 1. The first-order valence-corrected chi connectivity index (χ1v) is 14.8. The second kappa shape index (κ2) is 13.7. The van der Waals surface area contributed by atoms with Crippen LogP contribution in [0.15, 0.2) is 60.7 Å². The zero-order valence-electron chi connectivity index (χ0n) is 23.1. The van der Waals surface area contributed by atoms with E-state index in [1.807, 2.05) is 0 Å². The van der Waals surface area contributed by atoms with Crippen molar-refractivity contribution < 1.29 is 24.5 Å². The van der Waals surface area contributed by atoms with Gasteiger partial charge in [0.15, 0.2) is 10.9 Å². The van der Waals surface area contributed by atoms with Crippen LogP contribution in [0.1, 0.15) is 64.4 Å². The van der Waals surface area contributed by atoms with Crippen LogP contribution in [0.2, 0.25) is 0 Å². The van der Waals surface area contributed by atoms with E-state index in [0.29, 0.717) is 50.6 Å². The summed E-state index contributed by atoms with van der Waals surface area (Å²) in [6.45, 7) is 2.69. The van der Waals surface area contributed by atoms with Gasteiger partial charge in [-0.1, -0.05) is 35.6 Å². The quantitative estimate of drug-likeness (QED) is 0.199. The first-order valence-electron chi connectivity index (χ1n) is 13.9. The number of aromatic nitrogens is 1. The van der Waals surface area contributed by atoms with Crippen molar-refractivity contribution in [1.29, 1.82) is 5.26 Å². The van der Waals surface area contributed by atoms with Gasteiger partial charge in [-0.25, -0.2) is 4.98 Å². The van der Waals surface area contributed by atoms with Crippen LogP contribution in [-0.4, -0.2) is 51.4 Å². The molecule has 1 unspecified atom stereocenters. The fraction of sp³-hybridized carbons (Fsp3) is 0.312. The maximum absolute atomic E-state index is 13.6. The number of nitrogens with zero attached hydrogens (tertiary/aromatic N) is 3. The van der Waals surface area contributed by atoms with Crippen molar-refractivity contribution in [3.63, 3.8) is 0 Å². The van der Waals surface area contributed by atoms with Gasteiger partial charge in [0.05, 0.1) is 35.1 Å². The number of amides is 1. The minimum absolute atomic E-state index is 0.0636. The number of hydrogen-bond acceptors (Lipinski definition) is 9. The van der Waals surface area contributed by atoms with Gasteiger partial charge in [-0.15, -0.1) is 0 Å². The van der Waals surface area contributed by atoms with Crippen LogP contribution in [-0.2, 0) is 18.0 Å². The predicted octanol–water partition coefficient (Wildman–Crippen LogP) is 4.97. The molecule has 9 nitrogen and oxygen atoms in total. The Bertz CT molecular complexity index is 1550. The van der Waals surface area contributed by atoms with Crippen molar-refractivity contribution >= 4 is 38.4 Å². The molecule has 1 saturated heterocycles. The summed E-state index contributed by atoms with van der Waals surface area (Å²) in [6, 6.07) is 18.9. The molecular formula is C32H32N4O5S. The Hall–Kier alpha value is -4.14. The molecular weight excluding hydrogens is 552 g/mol. The molecule has 1 amide bonds. The van der Waals surface area contributed by atoms with Gasteiger partial charge >= 0.3 is 0 Å². The molecule has 0 spiro atoms. The fourth-order valence-corrected chi connectivity index (χ4v) is 5.97. The topological polar surface area (TPSA) is 136 Å². The van der Waals surface area contributed by atoms with E-state index in [4.69, 9.17) is 10.00 Å². The van der Waals surface area contributed by atoms with Crippen molar-refractivity contribution in [1.82, 2.24) is 9.88 Å². The first-order chi connectivity index (χ1) is 20.5. The van der Waals surface area contributed by atoms with Gasteiger partial charge < -0.3 is 19.8 Å². The van der Waals surface area contributed by atoms with E-state index >= 15 is 0 Å². The van der Waals surface area contributed by atoms with E-state index in [-0.39, 0.29) is 19.0 Å². The van der Waals surface area contributed by atoms with Crippen molar-refractivity contribution in [3.8, 4) is 11.8 Å². The Morgan fingerprint density at radius 3 is 2.38 bits per heavy atom. The lowest BCUT2D eigenvalue weighted by Gasteiger charge is -2.19. The van der Waals surface area contributed by atoms with Crippen LogP contribution in [0, 0.1) is 11.3 Å². The van der Waals surface area contributed by atoms with Gasteiger partial charge in [0, 0.05) is 17.5 Å². The van der Waals surface area contributed by atoms with Gasteiger partial charge in [0.25, 0.3) is 5.91 Å². The third kappa shape index (κ3) is 7.01. The molecule has 0 saturated carbocycles. The lowest BCUT2D eigenvalue weighted by atomic mass is 10.0. The van der Waals surface area contributed by atoms with Gasteiger partial charge in [-0.3, -0.25) is 14.9 Å². The molecule has 3 N–H and O–H groups in total. The fourth-order valence-electron chi connectivity index (χ4n) is 5.05. The zero-order valence-corrected chi connectivity index (χ0v) is 23.9. The number of ether oxygens (including phenoxy) is 1. The summed E-state index contributed by atoms with van der Waals surface area (Å²) in [6.07, 6.45) is 2.67. The molecule has 42 heavy (non-hydrogen) atoms. The molecule has 1 aliphatic heterocycles. The van der Waals surface area contributed by atoms with Crippen LogP contribution < -0.4 is 10.1 Å². The maximum Gasteiger partial charge on any atom is 0.271 e.